The maximum absolute atomic E-state index is 12.9. The first-order chi connectivity index (χ1) is 13.2. The molecular formula is C19H19ClF3NO3S. The molecule has 0 atom stereocenters. The molecule has 1 aromatic heterocycles. The highest BCUT2D eigenvalue weighted by Gasteiger charge is 2.42. The number of hydrogen-bond donors (Lipinski definition) is 1. The molecule has 0 saturated carbocycles. The molecule has 0 bridgehead atoms. The Kier molecular flexibility index (Phi) is 7.88. The zero-order valence-corrected chi connectivity index (χ0v) is 16.4. The zero-order valence-electron chi connectivity index (χ0n) is 14.8. The van der Waals surface area contributed by atoms with Crippen molar-refractivity contribution in [2.45, 2.75) is 31.9 Å². The van der Waals surface area contributed by atoms with Crippen LogP contribution in [0.25, 0.3) is 0 Å². The summed E-state index contributed by atoms with van der Waals surface area (Å²) in [5, 5.41) is 9.46. The summed E-state index contributed by atoms with van der Waals surface area (Å²) in [5.41, 5.74) is 0.895. The number of aromatic carboxylic acids is 1. The fraction of sp³-hybridized carbons (Fsp3) is 0.368. The Bertz CT molecular complexity index is 823. The lowest BCUT2D eigenvalue weighted by molar-refractivity contribution is -0.185. The SMILES string of the molecule is O=C(O)c1ccc(CCCN(CCCc2cccc(Cl)c2)C(=O)C(F)(F)F)s1. The molecule has 152 valence electrons. The van der Waals surface area contributed by atoms with E-state index < -0.39 is 18.1 Å². The van der Waals surface area contributed by atoms with Crippen LogP contribution in [0, 0.1) is 0 Å². The number of carbonyl (C=O) groups is 2. The van der Waals surface area contributed by atoms with E-state index in [0.29, 0.717) is 30.7 Å². The van der Waals surface area contributed by atoms with Gasteiger partial charge in [-0.25, -0.2) is 4.79 Å². The zero-order chi connectivity index (χ0) is 20.7. The van der Waals surface area contributed by atoms with Gasteiger partial charge in [0.1, 0.15) is 4.88 Å². The van der Waals surface area contributed by atoms with Crippen LogP contribution in [0.1, 0.15) is 33.0 Å². The van der Waals surface area contributed by atoms with Gasteiger partial charge in [-0.15, -0.1) is 11.3 Å². The molecule has 2 rings (SSSR count). The van der Waals surface area contributed by atoms with Crippen LogP contribution < -0.4 is 0 Å². The fourth-order valence-electron chi connectivity index (χ4n) is 2.73. The van der Waals surface area contributed by atoms with Crippen molar-refractivity contribution in [2.24, 2.45) is 0 Å². The molecule has 1 heterocycles. The number of alkyl halides is 3. The van der Waals surface area contributed by atoms with Crippen molar-refractivity contribution in [3.63, 3.8) is 0 Å². The number of aryl methyl sites for hydroxylation is 2. The first kappa shape index (κ1) is 22.2. The Morgan fingerprint density at radius 2 is 1.75 bits per heavy atom. The van der Waals surface area contributed by atoms with Crippen molar-refractivity contribution in [1.29, 1.82) is 0 Å². The molecule has 0 aliphatic heterocycles. The minimum absolute atomic E-state index is 0.0182. The maximum atomic E-state index is 12.9. The van der Waals surface area contributed by atoms with Crippen molar-refractivity contribution < 1.29 is 27.9 Å². The quantitative estimate of drug-likeness (QED) is 0.601. The molecule has 2 aromatic rings. The number of amides is 1. The predicted molar refractivity (Wildman–Crippen MR) is 102 cm³/mol. The number of nitrogens with zero attached hydrogens (tertiary/aromatic N) is 1. The van der Waals surface area contributed by atoms with Crippen LogP contribution in [-0.2, 0) is 17.6 Å². The summed E-state index contributed by atoms with van der Waals surface area (Å²) in [4.78, 5) is 24.3. The van der Waals surface area contributed by atoms with Gasteiger partial charge in [0, 0.05) is 23.0 Å². The Morgan fingerprint density at radius 1 is 1.07 bits per heavy atom. The van der Waals surface area contributed by atoms with E-state index in [-0.39, 0.29) is 18.0 Å². The van der Waals surface area contributed by atoms with Crippen LogP contribution in [-0.4, -0.2) is 41.1 Å². The second-order valence-corrected chi connectivity index (χ2v) is 7.80. The first-order valence-electron chi connectivity index (χ1n) is 8.59. The molecule has 4 nitrogen and oxygen atoms in total. The normalized spacial score (nSPS) is 11.4. The van der Waals surface area contributed by atoms with Crippen LogP contribution in [0.5, 0.6) is 0 Å². The van der Waals surface area contributed by atoms with Gasteiger partial charge in [-0.2, -0.15) is 13.2 Å². The Labute approximate surface area is 169 Å². The van der Waals surface area contributed by atoms with Crippen LogP contribution in [0.15, 0.2) is 36.4 Å². The molecule has 0 radical (unpaired) electrons. The summed E-state index contributed by atoms with van der Waals surface area (Å²) in [6.07, 6.45) is -3.30. The van der Waals surface area contributed by atoms with Gasteiger partial charge in [0.25, 0.3) is 0 Å². The molecule has 0 fully saturated rings. The van der Waals surface area contributed by atoms with Gasteiger partial charge in [0.15, 0.2) is 0 Å². The molecule has 1 amide bonds. The molecule has 0 spiro atoms. The van der Waals surface area contributed by atoms with Crippen molar-refractivity contribution >= 4 is 34.8 Å². The molecule has 1 N–H and O–H groups in total. The van der Waals surface area contributed by atoms with Gasteiger partial charge < -0.3 is 10.0 Å². The number of halogens is 4. The average molecular weight is 434 g/mol. The lowest BCUT2D eigenvalue weighted by atomic mass is 10.1. The second kappa shape index (κ2) is 9.93. The second-order valence-electron chi connectivity index (χ2n) is 6.20. The summed E-state index contributed by atoms with van der Waals surface area (Å²) >= 11 is 6.98. The first-order valence-corrected chi connectivity index (χ1v) is 9.79. The standard InChI is InChI=1S/C19H19ClF3NO3S/c20-14-6-1-4-13(12-14)5-2-10-24(18(27)19(21,22)23)11-3-7-15-8-9-16(28-15)17(25)26/h1,4,6,8-9,12H,2-3,5,7,10-11H2,(H,25,26). The predicted octanol–water partition coefficient (Wildman–Crippen LogP) is 5.06. The van der Waals surface area contributed by atoms with Crippen molar-refractivity contribution in [3.05, 3.63) is 56.7 Å². The topological polar surface area (TPSA) is 57.6 Å². The Balaban J connectivity index is 1.91. The number of hydrogen-bond acceptors (Lipinski definition) is 3. The Morgan fingerprint density at radius 3 is 2.32 bits per heavy atom. The number of carbonyl (C=O) groups excluding carboxylic acids is 1. The fourth-order valence-corrected chi connectivity index (χ4v) is 3.83. The van der Waals surface area contributed by atoms with Crippen LogP contribution >= 0.6 is 22.9 Å². The van der Waals surface area contributed by atoms with Gasteiger partial charge in [0.2, 0.25) is 0 Å². The van der Waals surface area contributed by atoms with Crippen molar-refractivity contribution in [2.75, 3.05) is 13.1 Å². The summed E-state index contributed by atoms with van der Waals surface area (Å²) in [7, 11) is 0. The number of rotatable bonds is 9. The van der Waals surface area contributed by atoms with E-state index in [1.54, 1.807) is 24.3 Å². The largest absolute Gasteiger partial charge is 0.477 e. The molecule has 0 aliphatic carbocycles. The summed E-state index contributed by atoms with van der Waals surface area (Å²) in [6, 6.07) is 10.2. The maximum Gasteiger partial charge on any atom is 0.471 e. The van der Waals surface area contributed by atoms with Crippen LogP contribution in [0.2, 0.25) is 5.02 Å². The van der Waals surface area contributed by atoms with Gasteiger partial charge in [0.05, 0.1) is 0 Å². The molecule has 0 saturated heterocycles. The minimum atomic E-state index is -4.92. The van der Waals surface area contributed by atoms with Crippen molar-refractivity contribution in [3.8, 4) is 0 Å². The highest BCUT2D eigenvalue weighted by molar-refractivity contribution is 7.13. The van der Waals surface area contributed by atoms with Crippen LogP contribution in [0.3, 0.4) is 0 Å². The van der Waals surface area contributed by atoms with E-state index in [1.165, 1.54) is 6.07 Å². The van der Waals surface area contributed by atoms with Gasteiger partial charge in [-0.3, -0.25) is 4.79 Å². The van der Waals surface area contributed by atoms with Crippen molar-refractivity contribution in [1.82, 2.24) is 4.90 Å². The van der Waals surface area contributed by atoms with Crippen LogP contribution in [0.4, 0.5) is 13.2 Å². The molecule has 1 aromatic carbocycles. The summed E-state index contributed by atoms with van der Waals surface area (Å²) < 4.78 is 38.6. The van der Waals surface area contributed by atoms with E-state index in [1.807, 2.05) is 6.07 Å². The molecule has 0 aliphatic rings. The lowest BCUT2D eigenvalue weighted by Gasteiger charge is -2.23. The van der Waals surface area contributed by atoms with E-state index in [2.05, 4.69) is 0 Å². The van der Waals surface area contributed by atoms with E-state index in [4.69, 9.17) is 16.7 Å². The third kappa shape index (κ3) is 6.83. The highest BCUT2D eigenvalue weighted by atomic mass is 35.5. The van der Waals surface area contributed by atoms with E-state index >= 15 is 0 Å². The molecule has 28 heavy (non-hydrogen) atoms. The summed E-state index contributed by atoms with van der Waals surface area (Å²) in [5.74, 6) is -2.89. The molecule has 0 unspecified atom stereocenters. The number of carboxylic acids is 1. The lowest BCUT2D eigenvalue weighted by Crippen LogP contribution is -2.42. The smallest absolute Gasteiger partial charge is 0.471 e. The van der Waals surface area contributed by atoms with Gasteiger partial charge >= 0.3 is 18.1 Å². The van der Waals surface area contributed by atoms with Gasteiger partial charge in [-0.1, -0.05) is 23.7 Å². The highest BCUT2D eigenvalue weighted by Crippen LogP contribution is 2.21. The molecular weight excluding hydrogens is 415 g/mol. The Hall–Kier alpha value is -2.06. The number of carboxylic acid groups (broad SMARTS) is 1. The summed E-state index contributed by atoms with van der Waals surface area (Å²) in [6.45, 7) is -0.0656. The third-order valence-corrected chi connectivity index (χ3v) is 5.40. The third-order valence-electron chi connectivity index (χ3n) is 4.04. The number of benzene rings is 1. The van der Waals surface area contributed by atoms with E-state index in [9.17, 15) is 22.8 Å². The van der Waals surface area contributed by atoms with E-state index in [0.717, 1.165) is 26.7 Å². The minimum Gasteiger partial charge on any atom is -0.477 e. The number of thiophene rings is 1. The average Bonchev–Trinajstić information content (AvgIpc) is 3.08. The monoisotopic (exact) mass is 433 g/mol. The van der Waals surface area contributed by atoms with Gasteiger partial charge in [-0.05, 0) is 55.5 Å². The molecule has 9 heteroatoms.